The molecule has 1 atom stereocenters. The van der Waals surface area contributed by atoms with Crippen molar-refractivity contribution in [3.63, 3.8) is 0 Å². The Morgan fingerprint density at radius 2 is 1.78 bits per heavy atom. The van der Waals surface area contributed by atoms with Crippen molar-refractivity contribution < 1.29 is 5.11 Å². The monoisotopic (exact) mass is 252 g/mol. The number of hydrogen-bond donors (Lipinski definition) is 3. The molecule has 3 N–H and O–H groups in total. The molecule has 18 heavy (non-hydrogen) atoms. The van der Waals surface area contributed by atoms with Crippen molar-refractivity contribution in [3.05, 3.63) is 11.4 Å². The summed E-state index contributed by atoms with van der Waals surface area (Å²) in [5.74, 6) is 2.81. The van der Waals surface area contributed by atoms with E-state index in [0.29, 0.717) is 13.0 Å². The lowest BCUT2D eigenvalue weighted by molar-refractivity contribution is 0.188. The second-order valence-electron chi connectivity index (χ2n) is 4.87. The van der Waals surface area contributed by atoms with Gasteiger partial charge in [0.25, 0.3) is 0 Å². The molecule has 1 aromatic rings. The molecule has 0 aliphatic carbocycles. The molecular formula is C13H24N4O. The molecule has 0 aromatic carbocycles. The predicted octanol–water partition coefficient (Wildman–Crippen LogP) is 2.13. The van der Waals surface area contributed by atoms with Gasteiger partial charge in [-0.2, -0.15) is 0 Å². The molecule has 0 spiro atoms. The first-order chi connectivity index (χ1) is 8.45. The van der Waals surface area contributed by atoms with Gasteiger partial charge < -0.3 is 15.7 Å². The van der Waals surface area contributed by atoms with E-state index in [4.69, 9.17) is 0 Å². The number of anilines is 2. The SMILES string of the molecule is CNc1nc(C(C)C)nc(NCCC(C)O)c1C. The van der Waals surface area contributed by atoms with Crippen LogP contribution in [0.3, 0.4) is 0 Å². The molecule has 0 fully saturated rings. The molecule has 0 amide bonds. The van der Waals surface area contributed by atoms with E-state index in [1.807, 2.05) is 14.0 Å². The van der Waals surface area contributed by atoms with Crippen molar-refractivity contribution in [1.82, 2.24) is 9.97 Å². The van der Waals surface area contributed by atoms with Crippen LogP contribution in [0.15, 0.2) is 0 Å². The Labute approximate surface area is 109 Å². The van der Waals surface area contributed by atoms with Gasteiger partial charge in [0.1, 0.15) is 17.5 Å². The molecule has 0 aliphatic heterocycles. The summed E-state index contributed by atoms with van der Waals surface area (Å²) in [5, 5.41) is 15.6. The first-order valence-corrected chi connectivity index (χ1v) is 6.44. The molecule has 1 rings (SSSR count). The van der Waals surface area contributed by atoms with Crippen LogP contribution in [0.25, 0.3) is 0 Å². The summed E-state index contributed by atoms with van der Waals surface area (Å²) in [5.41, 5.74) is 1.01. The smallest absolute Gasteiger partial charge is 0.135 e. The van der Waals surface area contributed by atoms with Crippen molar-refractivity contribution in [3.8, 4) is 0 Å². The third-order valence-electron chi connectivity index (χ3n) is 2.77. The first kappa shape index (κ1) is 14.7. The second kappa shape index (κ2) is 6.54. The molecule has 0 saturated heterocycles. The van der Waals surface area contributed by atoms with E-state index in [1.54, 1.807) is 6.92 Å². The number of aliphatic hydroxyl groups is 1. The summed E-state index contributed by atoms with van der Waals surface area (Å²) in [4.78, 5) is 9.02. The number of nitrogens with zero attached hydrogens (tertiary/aromatic N) is 2. The fraction of sp³-hybridized carbons (Fsp3) is 0.692. The van der Waals surface area contributed by atoms with E-state index in [2.05, 4.69) is 34.4 Å². The van der Waals surface area contributed by atoms with E-state index >= 15 is 0 Å². The van der Waals surface area contributed by atoms with Crippen LogP contribution in [0.4, 0.5) is 11.6 Å². The van der Waals surface area contributed by atoms with E-state index in [-0.39, 0.29) is 12.0 Å². The van der Waals surface area contributed by atoms with Gasteiger partial charge in [0.2, 0.25) is 0 Å². The van der Waals surface area contributed by atoms with Crippen molar-refractivity contribution >= 4 is 11.6 Å². The maximum Gasteiger partial charge on any atom is 0.135 e. The Morgan fingerprint density at radius 3 is 2.28 bits per heavy atom. The summed E-state index contributed by atoms with van der Waals surface area (Å²) in [6.07, 6.45) is 0.406. The minimum atomic E-state index is -0.298. The van der Waals surface area contributed by atoms with Crippen LogP contribution in [-0.4, -0.2) is 34.8 Å². The normalized spacial score (nSPS) is 12.6. The molecule has 0 saturated carbocycles. The Hall–Kier alpha value is -1.36. The van der Waals surface area contributed by atoms with Crippen LogP contribution in [0.5, 0.6) is 0 Å². The second-order valence-corrected chi connectivity index (χ2v) is 4.87. The summed E-state index contributed by atoms with van der Waals surface area (Å²) >= 11 is 0. The van der Waals surface area contributed by atoms with Gasteiger partial charge in [0.05, 0.1) is 6.10 Å². The molecular weight excluding hydrogens is 228 g/mol. The fourth-order valence-electron chi connectivity index (χ4n) is 1.61. The molecule has 5 heteroatoms. The molecule has 102 valence electrons. The lowest BCUT2D eigenvalue weighted by Gasteiger charge is -2.15. The van der Waals surface area contributed by atoms with Crippen LogP contribution in [-0.2, 0) is 0 Å². The highest BCUT2D eigenvalue weighted by Crippen LogP contribution is 2.22. The summed E-state index contributed by atoms with van der Waals surface area (Å²) in [7, 11) is 1.86. The largest absolute Gasteiger partial charge is 0.393 e. The molecule has 0 bridgehead atoms. The van der Waals surface area contributed by atoms with Crippen molar-refractivity contribution in [2.75, 3.05) is 24.2 Å². The molecule has 1 aromatic heterocycles. The topological polar surface area (TPSA) is 70.1 Å². The number of nitrogens with one attached hydrogen (secondary N) is 2. The standard InChI is InChI=1S/C13H24N4O/c1-8(2)11-16-12(14-5)10(4)13(17-11)15-7-6-9(3)18/h8-9,18H,6-7H2,1-5H3,(H2,14,15,16,17). The van der Waals surface area contributed by atoms with Gasteiger partial charge >= 0.3 is 0 Å². The maximum atomic E-state index is 9.26. The average Bonchev–Trinajstić information content (AvgIpc) is 2.30. The lowest BCUT2D eigenvalue weighted by atomic mass is 10.2. The van der Waals surface area contributed by atoms with Gasteiger partial charge in [0, 0.05) is 25.1 Å². The van der Waals surface area contributed by atoms with Crippen LogP contribution in [0.1, 0.15) is 44.5 Å². The Balaban J connectivity index is 2.91. The van der Waals surface area contributed by atoms with Crippen LogP contribution in [0, 0.1) is 6.92 Å². The Kier molecular flexibility index (Phi) is 5.34. The van der Waals surface area contributed by atoms with Crippen molar-refractivity contribution in [2.45, 2.75) is 46.1 Å². The van der Waals surface area contributed by atoms with Gasteiger partial charge in [0.15, 0.2) is 0 Å². The third-order valence-corrected chi connectivity index (χ3v) is 2.77. The van der Waals surface area contributed by atoms with Gasteiger partial charge in [-0.25, -0.2) is 9.97 Å². The molecule has 0 radical (unpaired) electrons. The summed E-state index contributed by atoms with van der Waals surface area (Å²) in [6, 6.07) is 0. The Bertz CT molecular complexity index is 391. The quantitative estimate of drug-likeness (QED) is 0.723. The van der Waals surface area contributed by atoms with Gasteiger partial charge in [-0.05, 0) is 20.3 Å². The molecule has 0 aliphatic rings. The number of rotatable bonds is 6. The van der Waals surface area contributed by atoms with Gasteiger partial charge in [-0.3, -0.25) is 0 Å². The van der Waals surface area contributed by atoms with E-state index in [9.17, 15) is 5.11 Å². The maximum absolute atomic E-state index is 9.26. The zero-order valence-corrected chi connectivity index (χ0v) is 11.9. The highest BCUT2D eigenvalue weighted by atomic mass is 16.3. The molecule has 5 nitrogen and oxygen atoms in total. The van der Waals surface area contributed by atoms with Gasteiger partial charge in [-0.15, -0.1) is 0 Å². The van der Waals surface area contributed by atoms with Crippen LogP contribution >= 0.6 is 0 Å². The fourth-order valence-corrected chi connectivity index (χ4v) is 1.61. The van der Waals surface area contributed by atoms with Crippen molar-refractivity contribution in [2.24, 2.45) is 0 Å². The van der Waals surface area contributed by atoms with E-state index in [0.717, 1.165) is 23.0 Å². The summed E-state index contributed by atoms with van der Waals surface area (Å²) < 4.78 is 0. The lowest BCUT2D eigenvalue weighted by Crippen LogP contribution is -2.14. The highest BCUT2D eigenvalue weighted by Gasteiger charge is 2.12. The zero-order valence-electron chi connectivity index (χ0n) is 11.9. The average molecular weight is 252 g/mol. The zero-order chi connectivity index (χ0) is 13.7. The highest BCUT2D eigenvalue weighted by molar-refractivity contribution is 5.57. The summed E-state index contributed by atoms with van der Waals surface area (Å²) in [6.45, 7) is 8.62. The molecule has 1 unspecified atom stereocenters. The third kappa shape index (κ3) is 3.84. The number of aliphatic hydroxyl groups excluding tert-OH is 1. The van der Waals surface area contributed by atoms with E-state index < -0.39 is 0 Å². The first-order valence-electron chi connectivity index (χ1n) is 6.44. The van der Waals surface area contributed by atoms with E-state index in [1.165, 1.54) is 0 Å². The predicted molar refractivity (Wildman–Crippen MR) is 75.2 cm³/mol. The van der Waals surface area contributed by atoms with Gasteiger partial charge in [-0.1, -0.05) is 13.8 Å². The number of hydrogen-bond acceptors (Lipinski definition) is 5. The minimum absolute atomic E-state index is 0.287. The van der Waals surface area contributed by atoms with Crippen LogP contribution < -0.4 is 10.6 Å². The van der Waals surface area contributed by atoms with Crippen LogP contribution in [0.2, 0.25) is 0 Å². The number of aromatic nitrogens is 2. The molecule has 1 heterocycles. The van der Waals surface area contributed by atoms with Crippen molar-refractivity contribution in [1.29, 1.82) is 0 Å². The Morgan fingerprint density at radius 1 is 1.17 bits per heavy atom. The minimum Gasteiger partial charge on any atom is -0.393 e.